The van der Waals surface area contributed by atoms with Gasteiger partial charge in [0.15, 0.2) is 0 Å². The Morgan fingerprint density at radius 2 is 1.69 bits per heavy atom. The molecule has 5 nitrogen and oxygen atoms in total. The Morgan fingerprint density at radius 3 is 2.41 bits per heavy atom. The summed E-state index contributed by atoms with van der Waals surface area (Å²) in [7, 11) is 0. The molecule has 2 aromatic rings. The summed E-state index contributed by atoms with van der Waals surface area (Å²) < 4.78 is 0. The van der Waals surface area contributed by atoms with Gasteiger partial charge in [0.25, 0.3) is 5.91 Å². The van der Waals surface area contributed by atoms with Gasteiger partial charge in [-0.05, 0) is 74.9 Å². The molecule has 29 heavy (non-hydrogen) atoms. The Balaban J connectivity index is 1.22. The highest BCUT2D eigenvalue weighted by Crippen LogP contribution is 2.22. The number of rotatable bonds is 7. The highest BCUT2D eigenvalue weighted by atomic mass is 16.2. The summed E-state index contributed by atoms with van der Waals surface area (Å²) in [6.45, 7) is 2.31. The third kappa shape index (κ3) is 5.91. The van der Waals surface area contributed by atoms with Gasteiger partial charge in [-0.2, -0.15) is 0 Å². The number of nitrogens with zero attached hydrogens (tertiary/aromatic N) is 1. The lowest BCUT2D eigenvalue weighted by Gasteiger charge is -2.31. The second-order valence-electron chi connectivity index (χ2n) is 8.29. The van der Waals surface area contributed by atoms with Gasteiger partial charge in [0, 0.05) is 17.3 Å². The lowest BCUT2D eigenvalue weighted by atomic mass is 9.90. The summed E-state index contributed by atoms with van der Waals surface area (Å²) in [5.41, 5.74) is 2.67. The average Bonchev–Trinajstić information content (AvgIpc) is 3.54. The quantitative estimate of drug-likeness (QED) is 0.760. The van der Waals surface area contributed by atoms with Crippen molar-refractivity contribution in [2.24, 2.45) is 5.92 Å². The number of carbonyl (C=O) groups is 2. The number of likely N-dealkylation sites (tertiary alicyclic amines) is 1. The third-order valence-electron chi connectivity index (χ3n) is 5.76. The average molecular weight is 392 g/mol. The first-order chi connectivity index (χ1) is 14.2. The Kier molecular flexibility index (Phi) is 6.25. The maximum atomic E-state index is 12.5. The van der Waals surface area contributed by atoms with Crippen molar-refractivity contribution in [2.45, 2.75) is 38.1 Å². The predicted molar refractivity (Wildman–Crippen MR) is 115 cm³/mol. The van der Waals surface area contributed by atoms with Crippen LogP contribution in [-0.4, -0.2) is 42.4 Å². The first-order valence-corrected chi connectivity index (χ1v) is 10.6. The topological polar surface area (TPSA) is 61.4 Å². The van der Waals surface area contributed by atoms with E-state index in [0.717, 1.165) is 45.2 Å². The molecule has 0 aromatic heterocycles. The van der Waals surface area contributed by atoms with Crippen molar-refractivity contribution in [2.75, 3.05) is 25.0 Å². The predicted octanol–water partition coefficient (Wildman–Crippen LogP) is 3.47. The molecule has 0 bridgehead atoms. The number of hydrogen-bond donors (Lipinski definition) is 2. The van der Waals surface area contributed by atoms with E-state index in [1.54, 1.807) is 12.1 Å². The number of hydrogen-bond acceptors (Lipinski definition) is 3. The van der Waals surface area contributed by atoms with Crippen LogP contribution in [0.4, 0.5) is 5.69 Å². The highest BCUT2D eigenvalue weighted by molar-refractivity contribution is 5.97. The monoisotopic (exact) mass is 391 g/mol. The van der Waals surface area contributed by atoms with Crippen LogP contribution in [0, 0.1) is 5.92 Å². The van der Waals surface area contributed by atoms with Gasteiger partial charge in [0.2, 0.25) is 5.91 Å². The van der Waals surface area contributed by atoms with Crippen LogP contribution in [0.1, 0.15) is 41.6 Å². The number of piperidine rings is 1. The summed E-state index contributed by atoms with van der Waals surface area (Å²) in [6.07, 6.45) is 5.49. The summed E-state index contributed by atoms with van der Waals surface area (Å²) in [6, 6.07) is 18.1. The van der Waals surface area contributed by atoms with Crippen LogP contribution in [0.5, 0.6) is 0 Å². The molecule has 1 saturated carbocycles. The molecule has 0 radical (unpaired) electrons. The Labute approximate surface area is 172 Å². The SMILES string of the molecule is O=C(CN1CCC(Cc2ccccc2)CC1)Nc1cccc(C(=O)NC2CC2)c1. The minimum atomic E-state index is -0.0657. The first-order valence-electron chi connectivity index (χ1n) is 10.6. The summed E-state index contributed by atoms with van der Waals surface area (Å²) >= 11 is 0. The van der Waals surface area contributed by atoms with Crippen LogP contribution in [-0.2, 0) is 11.2 Å². The zero-order valence-electron chi connectivity index (χ0n) is 16.8. The standard InChI is InChI=1S/C24H29N3O2/c28-23(25-22-8-4-7-20(16-22)24(29)26-21-9-10-21)17-27-13-11-19(12-14-27)15-18-5-2-1-3-6-18/h1-8,16,19,21H,9-15,17H2,(H,25,28)(H,26,29). The number of nitrogens with one attached hydrogen (secondary N) is 2. The van der Waals surface area contributed by atoms with Crippen molar-refractivity contribution in [3.8, 4) is 0 Å². The molecule has 4 rings (SSSR count). The molecule has 0 unspecified atom stereocenters. The Hall–Kier alpha value is -2.66. The van der Waals surface area contributed by atoms with E-state index in [2.05, 4.69) is 45.9 Å². The van der Waals surface area contributed by atoms with Gasteiger partial charge < -0.3 is 10.6 Å². The number of amides is 2. The number of anilines is 1. The van der Waals surface area contributed by atoms with Gasteiger partial charge in [-0.1, -0.05) is 36.4 Å². The molecule has 0 spiro atoms. The van der Waals surface area contributed by atoms with E-state index in [1.807, 2.05) is 12.1 Å². The number of benzene rings is 2. The molecule has 2 fully saturated rings. The smallest absolute Gasteiger partial charge is 0.251 e. The van der Waals surface area contributed by atoms with Gasteiger partial charge in [0.05, 0.1) is 6.54 Å². The zero-order valence-corrected chi connectivity index (χ0v) is 16.8. The molecule has 2 aliphatic rings. The van der Waals surface area contributed by atoms with Gasteiger partial charge in [-0.15, -0.1) is 0 Å². The second kappa shape index (κ2) is 9.23. The van der Waals surface area contributed by atoms with Crippen LogP contribution in [0.25, 0.3) is 0 Å². The Bertz CT molecular complexity index is 840. The van der Waals surface area contributed by atoms with E-state index >= 15 is 0 Å². The van der Waals surface area contributed by atoms with Crippen LogP contribution >= 0.6 is 0 Å². The minimum Gasteiger partial charge on any atom is -0.349 e. The maximum absolute atomic E-state index is 12.5. The molecule has 1 heterocycles. The fourth-order valence-corrected chi connectivity index (χ4v) is 3.93. The molecule has 0 atom stereocenters. The Morgan fingerprint density at radius 1 is 0.931 bits per heavy atom. The van der Waals surface area contributed by atoms with E-state index in [9.17, 15) is 9.59 Å². The van der Waals surface area contributed by atoms with Gasteiger partial charge in [0.1, 0.15) is 0 Å². The van der Waals surface area contributed by atoms with Crippen LogP contribution < -0.4 is 10.6 Å². The van der Waals surface area contributed by atoms with Crippen molar-refractivity contribution >= 4 is 17.5 Å². The van der Waals surface area contributed by atoms with E-state index in [1.165, 1.54) is 5.56 Å². The fourth-order valence-electron chi connectivity index (χ4n) is 3.93. The molecule has 152 valence electrons. The van der Waals surface area contributed by atoms with Crippen molar-refractivity contribution < 1.29 is 9.59 Å². The van der Waals surface area contributed by atoms with E-state index in [0.29, 0.717) is 29.8 Å². The molecule has 1 aliphatic heterocycles. The molecule has 2 N–H and O–H groups in total. The fraction of sp³-hybridized carbons (Fsp3) is 0.417. The van der Waals surface area contributed by atoms with Gasteiger partial charge >= 0.3 is 0 Å². The number of carbonyl (C=O) groups excluding carboxylic acids is 2. The molecule has 1 saturated heterocycles. The first kappa shape index (κ1) is 19.6. The van der Waals surface area contributed by atoms with Crippen molar-refractivity contribution in [3.63, 3.8) is 0 Å². The molecule has 2 aromatic carbocycles. The normalized spacial score (nSPS) is 17.7. The van der Waals surface area contributed by atoms with Gasteiger partial charge in [-0.25, -0.2) is 0 Å². The zero-order chi connectivity index (χ0) is 20.1. The van der Waals surface area contributed by atoms with Crippen molar-refractivity contribution in [3.05, 3.63) is 65.7 Å². The largest absolute Gasteiger partial charge is 0.349 e. The van der Waals surface area contributed by atoms with Gasteiger partial charge in [-0.3, -0.25) is 14.5 Å². The van der Waals surface area contributed by atoms with E-state index in [-0.39, 0.29) is 11.8 Å². The summed E-state index contributed by atoms with van der Waals surface area (Å²) in [5, 5.41) is 5.92. The molecule has 1 aliphatic carbocycles. The van der Waals surface area contributed by atoms with Crippen molar-refractivity contribution in [1.82, 2.24) is 10.2 Å². The molecular weight excluding hydrogens is 362 g/mol. The van der Waals surface area contributed by atoms with Crippen LogP contribution in [0.15, 0.2) is 54.6 Å². The second-order valence-corrected chi connectivity index (χ2v) is 8.29. The third-order valence-corrected chi connectivity index (χ3v) is 5.76. The van der Waals surface area contributed by atoms with Crippen LogP contribution in [0.3, 0.4) is 0 Å². The summed E-state index contributed by atoms with van der Waals surface area (Å²) in [5.74, 6) is 0.605. The van der Waals surface area contributed by atoms with Crippen LogP contribution in [0.2, 0.25) is 0 Å². The lowest BCUT2D eigenvalue weighted by Crippen LogP contribution is -2.39. The molecule has 2 amide bonds. The summed E-state index contributed by atoms with van der Waals surface area (Å²) in [4.78, 5) is 26.9. The minimum absolute atomic E-state index is 0.0220. The molecular formula is C24H29N3O2. The molecule has 5 heteroatoms. The van der Waals surface area contributed by atoms with E-state index < -0.39 is 0 Å². The van der Waals surface area contributed by atoms with Crippen molar-refractivity contribution in [1.29, 1.82) is 0 Å². The maximum Gasteiger partial charge on any atom is 0.251 e. The lowest BCUT2D eigenvalue weighted by molar-refractivity contribution is -0.117. The highest BCUT2D eigenvalue weighted by Gasteiger charge is 2.24. The van der Waals surface area contributed by atoms with E-state index in [4.69, 9.17) is 0 Å².